The van der Waals surface area contributed by atoms with Gasteiger partial charge >= 0.3 is 0 Å². The summed E-state index contributed by atoms with van der Waals surface area (Å²) in [7, 11) is 0. The van der Waals surface area contributed by atoms with Gasteiger partial charge in [0.2, 0.25) is 5.88 Å². The van der Waals surface area contributed by atoms with Gasteiger partial charge in [0.05, 0.1) is 18.1 Å². The highest BCUT2D eigenvalue weighted by molar-refractivity contribution is 6.02. The zero-order valence-electron chi connectivity index (χ0n) is 15.9. The van der Waals surface area contributed by atoms with Crippen molar-refractivity contribution in [3.05, 3.63) is 66.2 Å². The molecule has 0 spiro atoms. The molecule has 0 aliphatic heterocycles. The van der Waals surface area contributed by atoms with Gasteiger partial charge < -0.3 is 21.1 Å². The Morgan fingerprint density at radius 2 is 2.03 bits per heavy atom. The third-order valence-electron chi connectivity index (χ3n) is 3.85. The Morgan fingerprint density at radius 3 is 2.80 bits per heavy atom. The summed E-state index contributed by atoms with van der Waals surface area (Å²) in [6, 6.07) is 11.0. The van der Waals surface area contributed by atoms with Crippen LogP contribution in [0.1, 0.15) is 16.1 Å². The van der Waals surface area contributed by atoms with Crippen molar-refractivity contribution in [2.75, 3.05) is 29.6 Å². The van der Waals surface area contributed by atoms with Crippen molar-refractivity contribution in [2.45, 2.75) is 6.54 Å². The van der Waals surface area contributed by atoms with E-state index >= 15 is 0 Å². The quantitative estimate of drug-likeness (QED) is 0.517. The second-order valence-electron chi connectivity index (χ2n) is 5.96. The number of ether oxygens (including phenoxy) is 1. The molecule has 0 aliphatic carbocycles. The predicted molar refractivity (Wildman–Crippen MR) is 112 cm³/mol. The van der Waals surface area contributed by atoms with Gasteiger partial charge in [-0.05, 0) is 29.8 Å². The van der Waals surface area contributed by atoms with E-state index in [1.807, 2.05) is 24.3 Å². The van der Waals surface area contributed by atoms with Crippen LogP contribution < -0.4 is 21.1 Å². The standard InChI is InChI=1S/C21H19FN6O2/c22-8-1-2-10-30-19-14-26-18(13-27-19)21(29)28-16-6-3-5-15(11-16)12-25-17-7-4-9-24-20(17)23/h3-7,9,11,13-14,25H,8,10,12H2,(H2,23,24)(H,28,29). The molecule has 3 rings (SSSR count). The maximum atomic E-state index is 12.4. The highest BCUT2D eigenvalue weighted by Crippen LogP contribution is 2.17. The maximum Gasteiger partial charge on any atom is 0.275 e. The summed E-state index contributed by atoms with van der Waals surface area (Å²) in [6.45, 7) is -0.227. The molecule has 4 N–H and O–H groups in total. The molecule has 2 heterocycles. The maximum absolute atomic E-state index is 12.4. The van der Waals surface area contributed by atoms with E-state index in [1.54, 1.807) is 18.3 Å². The zero-order valence-corrected chi connectivity index (χ0v) is 15.9. The van der Waals surface area contributed by atoms with Crippen LogP contribution in [0, 0.1) is 11.8 Å². The summed E-state index contributed by atoms with van der Waals surface area (Å²) in [5, 5.41) is 5.98. The Balaban J connectivity index is 1.57. The first kappa shape index (κ1) is 20.5. The minimum absolute atomic E-state index is 0.00430. The van der Waals surface area contributed by atoms with Crippen LogP contribution in [0.25, 0.3) is 0 Å². The number of nitrogen functional groups attached to an aromatic ring is 1. The van der Waals surface area contributed by atoms with Crippen molar-refractivity contribution in [3.8, 4) is 17.7 Å². The van der Waals surface area contributed by atoms with Crippen molar-refractivity contribution in [3.63, 3.8) is 0 Å². The van der Waals surface area contributed by atoms with E-state index in [1.165, 1.54) is 12.4 Å². The number of hydrogen-bond acceptors (Lipinski definition) is 7. The fraction of sp³-hybridized carbons (Fsp3) is 0.143. The summed E-state index contributed by atoms with van der Waals surface area (Å²) in [5.74, 6) is 4.91. The first-order valence-electron chi connectivity index (χ1n) is 8.97. The van der Waals surface area contributed by atoms with E-state index < -0.39 is 12.6 Å². The second kappa shape index (κ2) is 10.4. The molecule has 8 nitrogen and oxygen atoms in total. The molecule has 30 heavy (non-hydrogen) atoms. The number of carbonyl (C=O) groups is 1. The van der Waals surface area contributed by atoms with Gasteiger partial charge in [-0.3, -0.25) is 4.79 Å². The molecule has 0 atom stereocenters. The van der Waals surface area contributed by atoms with E-state index in [0.29, 0.717) is 18.1 Å². The first-order valence-corrected chi connectivity index (χ1v) is 8.97. The Hall–Kier alpha value is -4.19. The summed E-state index contributed by atoms with van der Waals surface area (Å²) in [4.78, 5) is 24.4. The SMILES string of the molecule is Nc1ncccc1NCc1cccc(NC(=O)c2cnc(OCC#CCF)cn2)c1. The lowest BCUT2D eigenvalue weighted by molar-refractivity contribution is 0.102. The van der Waals surface area contributed by atoms with Crippen LogP contribution >= 0.6 is 0 Å². The number of alkyl halides is 1. The summed E-state index contributed by atoms with van der Waals surface area (Å²) in [5.41, 5.74) is 8.24. The zero-order chi connectivity index (χ0) is 21.2. The van der Waals surface area contributed by atoms with Crippen molar-refractivity contribution in [2.24, 2.45) is 0 Å². The summed E-state index contributed by atoms with van der Waals surface area (Å²) in [6.07, 6.45) is 4.23. The van der Waals surface area contributed by atoms with Crippen LogP contribution in [-0.4, -0.2) is 34.1 Å². The molecule has 0 unspecified atom stereocenters. The number of nitrogens with one attached hydrogen (secondary N) is 2. The van der Waals surface area contributed by atoms with E-state index in [2.05, 4.69) is 37.4 Å². The molecule has 1 amide bonds. The van der Waals surface area contributed by atoms with E-state index in [0.717, 1.165) is 11.3 Å². The molecule has 0 saturated heterocycles. The average Bonchev–Trinajstić information content (AvgIpc) is 2.77. The fourth-order valence-corrected chi connectivity index (χ4v) is 2.43. The Bertz CT molecular complexity index is 1060. The van der Waals surface area contributed by atoms with Crippen LogP contribution in [-0.2, 0) is 6.54 Å². The van der Waals surface area contributed by atoms with Gasteiger partial charge in [-0.1, -0.05) is 24.0 Å². The van der Waals surface area contributed by atoms with E-state index in [-0.39, 0.29) is 18.2 Å². The minimum Gasteiger partial charge on any atom is -0.463 e. The van der Waals surface area contributed by atoms with E-state index in [9.17, 15) is 9.18 Å². The third kappa shape index (κ3) is 5.90. The smallest absolute Gasteiger partial charge is 0.275 e. The van der Waals surface area contributed by atoms with Crippen molar-refractivity contribution >= 4 is 23.1 Å². The van der Waals surface area contributed by atoms with Crippen molar-refractivity contribution in [1.29, 1.82) is 0 Å². The molecule has 2 aromatic heterocycles. The fourth-order valence-electron chi connectivity index (χ4n) is 2.43. The normalized spacial score (nSPS) is 9.90. The first-order chi connectivity index (χ1) is 14.7. The Morgan fingerprint density at radius 1 is 1.13 bits per heavy atom. The Kier molecular flexibility index (Phi) is 7.11. The number of nitrogens with zero attached hydrogens (tertiary/aromatic N) is 3. The van der Waals surface area contributed by atoms with Gasteiger partial charge in [-0.15, -0.1) is 0 Å². The molecule has 0 fully saturated rings. The minimum atomic E-state index is -0.733. The molecular formula is C21H19FN6O2. The predicted octanol–water partition coefficient (Wildman–Crippen LogP) is 2.67. The molecule has 0 radical (unpaired) electrons. The van der Waals surface area contributed by atoms with Gasteiger partial charge in [0.15, 0.2) is 6.61 Å². The summed E-state index contributed by atoms with van der Waals surface area (Å²) < 4.78 is 17.1. The number of hydrogen-bond donors (Lipinski definition) is 3. The van der Waals surface area contributed by atoms with Gasteiger partial charge in [0.25, 0.3) is 5.91 Å². The number of rotatable bonds is 7. The van der Waals surface area contributed by atoms with Crippen LogP contribution in [0.15, 0.2) is 55.0 Å². The largest absolute Gasteiger partial charge is 0.463 e. The third-order valence-corrected chi connectivity index (χ3v) is 3.85. The van der Waals surface area contributed by atoms with Gasteiger partial charge in [-0.2, -0.15) is 0 Å². The highest BCUT2D eigenvalue weighted by atomic mass is 19.1. The monoisotopic (exact) mass is 406 g/mol. The van der Waals surface area contributed by atoms with Crippen molar-refractivity contribution in [1.82, 2.24) is 15.0 Å². The van der Waals surface area contributed by atoms with Crippen LogP contribution in [0.5, 0.6) is 5.88 Å². The lowest BCUT2D eigenvalue weighted by Gasteiger charge is -2.10. The lowest BCUT2D eigenvalue weighted by atomic mass is 10.2. The molecule has 152 valence electrons. The average molecular weight is 406 g/mol. The molecule has 1 aromatic carbocycles. The molecule has 3 aromatic rings. The molecule has 0 aliphatic rings. The molecule has 9 heteroatoms. The summed E-state index contributed by atoms with van der Waals surface area (Å²) >= 11 is 0. The molecule has 0 bridgehead atoms. The van der Waals surface area contributed by atoms with Crippen LogP contribution in [0.4, 0.5) is 21.6 Å². The number of benzene rings is 1. The number of halogens is 1. The number of amides is 1. The van der Waals surface area contributed by atoms with Gasteiger partial charge in [0, 0.05) is 18.4 Å². The number of nitrogens with two attached hydrogens (primary N) is 1. The number of carbonyl (C=O) groups excluding carboxylic acids is 1. The highest BCUT2D eigenvalue weighted by Gasteiger charge is 2.09. The topological polar surface area (TPSA) is 115 Å². The van der Waals surface area contributed by atoms with Gasteiger partial charge in [0.1, 0.15) is 18.2 Å². The lowest BCUT2D eigenvalue weighted by Crippen LogP contribution is -2.14. The number of pyridine rings is 1. The number of aromatic nitrogens is 3. The van der Waals surface area contributed by atoms with Crippen LogP contribution in [0.3, 0.4) is 0 Å². The second-order valence-corrected chi connectivity index (χ2v) is 5.96. The van der Waals surface area contributed by atoms with E-state index in [4.69, 9.17) is 10.5 Å². The van der Waals surface area contributed by atoms with Crippen molar-refractivity contribution < 1.29 is 13.9 Å². The number of anilines is 3. The van der Waals surface area contributed by atoms with Crippen LogP contribution in [0.2, 0.25) is 0 Å². The molecular weight excluding hydrogens is 387 g/mol. The Labute approximate surface area is 172 Å². The van der Waals surface area contributed by atoms with Gasteiger partial charge in [-0.25, -0.2) is 19.3 Å². The molecule has 0 saturated carbocycles.